The molecule has 0 aliphatic rings. The van der Waals surface area contributed by atoms with Gasteiger partial charge in [0.15, 0.2) is 5.96 Å². The molecule has 0 aromatic heterocycles. The van der Waals surface area contributed by atoms with Crippen LogP contribution in [0, 0.1) is 5.82 Å². The number of rotatable bonds is 6. The van der Waals surface area contributed by atoms with Crippen LogP contribution in [0.3, 0.4) is 0 Å². The Morgan fingerprint density at radius 3 is 2.17 bits per heavy atom. The maximum atomic E-state index is 13.0. The summed E-state index contributed by atoms with van der Waals surface area (Å²) in [5.74, 6) is 0.0298. The number of alkyl halides is 3. The third-order valence-electron chi connectivity index (χ3n) is 3.30. The molecule has 1 aromatic carbocycles. The quantitative estimate of drug-likeness (QED) is 0.288. The molecule has 1 rings (SSSR count). The summed E-state index contributed by atoms with van der Waals surface area (Å²) >= 11 is 0. The van der Waals surface area contributed by atoms with Gasteiger partial charge in [0.2, 0.25) is 0 Å². The van der Waals surface area contributed by atoms with E-state index < -0.39 is 12.6 Å². The standard InChI is InChI=1S/C16H23F4N3.HI/c1-4-21-14(22-10-9-16(18,19)20)23-11-15(2,3)12-5-7-13(17)8-6-12;/h5-8H,4,9-11H2,1-3H3,(H2,21,22,23);1H. The minimum atomic E-state index is -4.20. The molecule has 0 heterocycles. The molecule has 0 aliphatic carbocycles. The Morgan fingerprint density at radius 1 is 1.08 bits per heavy atom. The fourth-order valence-electron chi connectivity index (χ4n) is 1.93. The van der Waals surface area contributed by atoms with Crippen molar-refractivity contribution in [3.05, 3.63) is 35.6 Å². The summed E-state index contributed by atoms with van der Waals surface area (Å²) in [6.07, 6.45) is -5.11. The van der Waals surface area contributed by atoms with Crippen LogP contribution in [-0.4, -0.2) is 31.8 Å². The van der Waals surface area contributed by atoms with Crippen molar-refractivity contribution < 1.29 is 17.6 Å². The third kappa shape index (κ3) is 8.70. The van der Waals surface area contributed by atoms with Gasteiger partial charge in [-0.3, -0.25) is 4.99 Å². The van der Waals surface area contributed by atoms with E-state index in [1.165, 1.54) is 12.1 Å². The van der Waals surface area contributed by atoms with E-state index in [-0.39, 0.29) is 41.8 Å². The highest BCUT2D eigenvalue weighted by atomic mass is 127. The molecule has 0 spiro atoms. The summed E-state index contributed by atoms with van der Waals surface area (Å²) < 4.78 is 49.6. The van der Waals surface area contributed by atoms with E-state index in [0.29, 0.717) is 19.0 Å². The first-order chi connectivity index (χ1) is 10.6. The molecule has 0 unspecified atom stereocenters. The maximum Gasteiger partial charge on any atom is 0.390 e. The van der Waals surface area contributed by atoms with Gasteiger partial charge in [-0.1, -0.05) is 26.0 Å². The van der Waals surface area contributed by atoms with E-state index in [4.69, 9.17) is 0 Å². The number of benzene rings is 1. The van der Waals surface area contributed by atoms with Gasteiger partial charge in [0.05, 0.1) is 13.0 Å². The fourth-order valence-corrected chi connectivity index (χ4v) is 1.93. The molecule has 0 atom stereocenters. The van der Waals surface area contributed by atoms with Gasteiger partial charge in [-0.25, -0.2) is 4.39 Å². The van der Waals surface area contributed by atoms with Crippen molar-refractivity contribution in [1.82, 2.24) is 10.6 Å². The topological polar surface area (TPSA) is 36.4 Å². The lowest BCUT2D eigenvalue weighted by atomic mass is 9.85. The van der Waals surface area contributed by atoms with Crippen molar-refractivity contribution in [3.63, 3.8) is 0 Å². The Balaban J connectivity index is 0.00000529. The second-order valence-corrected chi connectivity index (χ2v) is 5.88. The predicted molar refractivity (Wildman–Crippen MR) is 99.5 cm³/mol. The Morgan fingerprint density at radius 2 is 1.67 bits per heavy atom. The van der Waals surface area contributed by atoms with E-state index >= 15 is 0 Å². The van der Waals surface area contributed by atoms with E-state index in [2.05, 4.69) is 15.6 Å². The average molecular weight is 461 g/mol. The van der Waals surface area contributed by atoms with E-state index in [0.717, 1.165) is 5.56 Å². The maximum absolute atomic E-state index is 13.0. The van der Waals surface area contributed by atoms with Crippen LogP contribution < -0.4 is 10.6 Å². The molecule has 0 fully saturated rings. The van der Waals surface area contributed by atoms with Crippen LogP contribution in [0.5, 0.6) is 0 Å². The Bertz CT molecular complexity index is 513. The molecule has 2 N–H and O–H groups in total. The van der Waals surface area contributed by atoms with E-state index in [1.807, 2.05) is 20.8 Å². The van der Waals surface area contributed by atoms with Gasteiger partial charge in [0.25, 0.3) is 0 Å². The number of hydrogen-bond donors (Lipinski definition) is 2. The molecule has 8 heteroatoms. The number of halogens is 5. The van der Waals surface area contributed by atoms with E-state index in [1.54, 1.807) is 12.1 Å². The highest BCUT2D eigenvalue weighted by Crippen LogP contribution is 2.23. The molecule has 0 saturated carbocycles. The molecular weight excluding hydrogens is 437 g/mol. The van der Waals surface area contributed by atoms with Crippen molar-refractivity contribution in [2.45, 2.75) is 38.8 Å². The van der Waals surface area contributed by atoms with Gasteiger partial charge in [0.1, 0.15) is 5.82 Å². The lowest BCUT2D eigenvalue weighted by Gasteiger charge is -2.24. The SMILES string of the molecule is CCNC(=NCC(C)(C)c1ccc(F)cc1)NCCC(F)(F)F.I. The van der Waals surface area contributed by atoms with Crippen LogP contribution in [0.25, 0.3) is 0 Å². The summed E-state index contributed by atoms with van der Waals surface area (Å²) in [6.45, 7) is 6.42. The first-order valence-corrected chi connectivity index (χ1v) is 7.49. The lowest BCUT2D eigenvalue weighted by Crippen LogP contribution is -2.40. The molecule has 0 bridgehead atoms. The predicted octanol–water partition coefficient (Wildman–Crippen LogP) is 4.23. The molecule has 0 saturated heterocycles. The van der Waals surface area contributed by atoms with Crippen LogP contribution >= 0.6 is 24.0 Å². The van der Waals surface area contributed by atoms with Crippen molar-refractivity contribution in [1.29, 1.82) is 0 Å². The average Bonchev–Trinajstić information content (AvgIpc) is 2.44. The fraction of sp³-hybridized carbons (Fsp3) is 0.562. The molecular formula is C16H24F4IN3. The monoisotopic (exact) mass is 461 g/mol. The highest BCUT2D eigenvalue weighted by Gasteiger charge is 2.26. The van der Waals surface area contributed by atoms with Gasteiger partial charge in [0, 0.05) is 18.5 Å². The van der Waals surface area contributed by atoms with Crippen molar-refractivity contribution in [2.24, 2.45) is 4.99 Å². The van der Waals surface area contributed by atoms with Crippen LogP contribution in [0.15, 0.2) is 29.3 Å². The number of nitrogens with zero attached hydrogens (tertiary/aromatic N) is 1. The van der Waals surface area contributed by atoms with Crippen LogP contribution in [0.2, 0.25) is 0 Å². The number of aliphatic imine (C=N–C) groups is 1. The molecule has 1 aromatic rings. The minimum Gasteiger partial charge on any atom is -0.357 e. The Hall–Kier alpha value is -1.06. The Kier molecular flexibility index (Phi) is 9.61. The highest BCUT2D eigenvalue weighted by molar-refractivity contribution is 14.0. The molecule has 0 amide bonds. The Labute approximate surface area is 157 Å². The third-order valence-corrected chi connectivity index (χ3v) is 3.30. The van der Waals surface area contributed by atoms with E-state index in [9.17, 15) is 17.6 Å². The van der Waals surface area contributed by atoms with Crippen molar-refractivity contribution in [2.75, 3.05) is 19.6 Å². The second-order valence-electron chi connectivity index (χ2n) is 5.88. The summed E-state index contributed by atoms with van der Waals surface area (Å²) in [7, 11) is 0. The molecule has 0 radical (unpaired) electrons. The lowest BCUT2D eigenvalue weighted by molar-refractivity contribution is -0.132. The smallest absolute Gasteiger partial charge is 0.357 e. The summed E-state index contributed by atoms with van der Waals surface area (Å²) in [5, 5.41) is 5.58. The second kappa shape index (κ2) is 10.0. The van der Waals surface area contributed by atoms with Gasteiger partial charge >= 0.3 is 6.18 Å². The van der Waals surface area contributed by atoms with Crippen molar-refractivity contribution in [3.8, 4) is 0 Å². The van der Waals surface area contributed by atoms with Crippen LogP contribution in [0.1, 0.15) is 32.8 Å². The van der Waals surface area contributed by atoms with Crippen molar-refractivity contribution >= 4 is 29.9 Å². The molecule has 0 aliphatic heterocycles. The van der Waals surface area contributed by atoms with Gasteiger partial charge in [-0.2, -0.15) is 13.2 Å². The number of hydrogen-bond acceptors (Lipinski definition) is 1. The summed E-state index contributed by atoms with van der Waals surface area (Å²) in [5.41, 5.74) is 0.550. The zero-order chi connectivity index (χ0) is 17.5. The summed E-state index contributed by atoms with van der Waals surface area (Å²) in [6, 6.07) is 6.14. The zero-order valence-corrected chi connectivity index (χ0v) is 16.3. The molecule has 138 valence electrons. The number of nitrogens with one attached hydrogen (secondary N) is 2. The summed E-state index contributed by atoms with van der Waals surface area (Å²) in [4.78, 5) is 4.34. The first-order valence-electron chi connectivity index (χ1n) is 7.49. The number of guanidine groups is 1. The zero-order valence-electron chi connectivity index (χ0n) is 14.0. The van der Waals surface area contributed by atoms with Gasteiger partial charge in [-0.15, -0.1) is 24.0 Å². The molecule has 3 nitrogen and oxygen atoms in total. The largest absolute Gasteiger partial charge is 0.390 e. The van der Waals surface area contributed by atoms with Crippen LogP contribution in [-0.2, 0) is 5.41 Å². The van der Waals surface area contributed by atoms with Gasteiger partial charge in [-0.05, 0) is 24.6 Å². The molecule has 24 heavy (non-hydrogen) atoms. The normalized spacial score (nSPS) is 12.5. The van der Waals surface area contributed by atoms with Gasteiger partial charge < -0.3 is 10.6 Å². The minimum absolute atomic E-state index is 0. The van der Waals surface area contributed by atoms with Crippen LogP contribution in [0.4, 0.5) is 17.6 Å². The first kappa shape index (κ1) is 22.9.